The smallest absolute Gasteiger partial charge is 0.271 e. The maximum atomic E-state index is 12.9. The molecule has 3 aromatic rings. The van der Waals surface area contributed by atoms with Gasteiger partial charge in [-0.25, -0.2) is 4.98 Å². The number of benzene rings is 2. The summed E-state index contributed by atoms with van der Waals surface area (Å²) in [5, 5.41) is 9.30. The zero-order valence-electron chi connectivity index (χ0n) is 18.6. The third-order valence-electron chi connectivity index (χ3n) is 5.74. The highest BCUT2D eigenvalue weighted by Crippen LogP contribution is 2.24. The summed E-state index contributed by atoms with van der Waals surface area (Å²) in [7, 11) is 0. The van der Waals surface area contributed by atoms with Crippen LogP contribution in [0.1, 0.15) is 57.1 Å². The third kappa shape index (κ3) is 6.29. The number of halogens is 2. The molecular weight excluding hydrogens is 493 g/mol. The lowest BCUT2D eigenvalue weighted by Crippen LogP contribution is -2.53. The Bertz CT molecular complexity index is 1170. The van der Waals surface area contributed by atoms with E-state index in [1.165, 1.54) is 11.3 Å². The highest BCUT2D eigenvalue weighted by atomic mass is 35.5. The van der Waals surface area contributed by atoms with Gasteiger partial charge in [-0.2, -0.15) is 0 Å². The standard InChI is InChI=1S/C25H25Cl2N3O3S/c1-15-6-9-17(10-7-15)33-13-23-28-22(14-34-23)25(32)30-21-5-3-2-4-20(21)29-24(31)18-11-8-16(26)12-19(18)27/h6-12,14,20-21H,2-5,13H2,1H3,(H,29,31)(H,30,32)/t20-,21+/m0/s1. The number of rotatable bonds is 7. The Morgan fingerprint density at radius 2 is 1.71 bits per heavy atom. The van der Waals surface area contributed by atoms with Crippen LogP contribution in [0.5, 0.6) is 5.75 Å². The summed E-state index contributed by atoms with van der Waals surface area (Å²) < 4.78 is 5.76. The van der Waals surface area contributed by atoms with Crippen LogP contribution >= 0.6 is 34.5 Å². The molecule has 2 atom stereocenters. The van der Waals surface area contributed by atoms with Gasteiger partial charge in [0.05, 0.1) is 10.6 Å². The van der Waals surface area contributed by atoms with Crippen LogP contribution < -0.4 is 15.4 Å². The molecule has 2 amide bonds. The van der Waals surface area contributed by atoms with Gasteiger partial charge < -0.3 is 15.4 Å². The van der Waals surface area contributed by atoms with Crippen LogP contribution in [0, 0.1) is 6.92 Å². The average Bonchev–Trinajstić information content (AvgIpc) is 3.29. The lowest BCUT2D eigenvalue weighted by Gasteiger charge is -2.32. The number of ether oxygens (including phenoxy) is 1. The van der Waals surface area contributed by atoms with E-state index in [9.17, 15) is 9.59 Å². The van der Waals surface area contributed by atoms with Crippen molar-refractivity contribution in [3.05, 3.63) is 79.7 Å². The molecule has 1 aliphatic rings. The third-order valence-corrected chi connectivity index (χ3v) is 7.11. The van der Waals surface area contributed by atoms with Gasteiger partial charge in [0.2, 0.25) is 0 Å². The molecule has 4 rings (SSSR count). The SMILES string of the molecule is Cc1ccc(OCc2nc(C(=O)N[C@@H]3CCCC[C@@H]3NC(=O)c3ccc(Cl)cc3Cl)cs2)cc1. The second kappa shape index (κ2) is 11.2. The summed E-state index contributed by atoms with van der Waals surface area (Å²) in [6, 6.07) is 12.2. The Hall–Kier alpha value is -2.61. The first-order valence-corrected chi connectivity index (χ1v) is 12.7. The Balaban J connectivity index is 1.35. The minimum atomic E-state index is -0.281. The number of thiazole rings is 1. The largest absolute Gasteiger partial charge is 0.486 e. The van der Waals surface area contributed by atoms with Crippen LogP contribution in [-0.4, -0.2) is 28.9 Å². The van der Waals surface area contributed by atoms with E-state index in [0.717, 1.165) is 42.0 Å². The molecule has 2 N–H and O–H groups in total. The first-order valence-electron chi connectivity index (χ1n) is 11.1. The Morgan fingerprint density at radius 1 is 1.03 bits per heavy atom. The molecule has 0 aliphatic heterocycles. The van der Waals surface area contributed by atoms with Gasteiger partial charge >= 0.3 is 0 Å². The molecule has 178 valence electrons. The maximum absolute atomic E-state index is 12.9. The van der Waals surface area contributed by atoms with Crippen molar-refractivity contribution in [2.24, 2.45) is 0 Å². The van der Waals surface area contributed by atoms with Gasteiger partial charge in [0.15, 0.2) is 0 Å². The summed E-state index contributed by atoms with van der Waals surface area (Å²) in [5.74, 6) is 0.221. The van der Waals surface area contributed by atoms with Crippen molar-refractivity contribution in [2.75, 3.05) is 0 Å². The highest BCUT2D eigenvalue weighted by molar-refractivity contribution is 7.09. The molecule has 1 aliphatic carbocycles. The molecule has 6 nitrogen and oxygen atoms in total. The molecule has 0 saturated heterocycles. The molecule has 0 spiro atoms. The minimum Gasteiger partial charge on any atom is -0.486 e. The topological polar surface area (TPSA) is 80.3 Å². The molecule has 2 aromatic carbocycles. The number of carbonyl (C=O) groups excluding carboxylic acids is 2. The van der Waals surface area contributed by atoms with E-state index in [1.807, 2.05) is 31.2 Å². The fraction of sp³-hybridized carbons (Fsp3) is 0.320. The van der Waals surface area contributed by atoms with Crippen LogP contribution in [-0.2, 0) is 6.61 Å². The summed E-state index contributed by atoms with van der Waals surface area (Å²) in [4.78, 5) is 30.1. The van der Waals surface area contributed by atoms with Gasteiger partial charge in [0.1, 0.15) is 23.1 Å². The second-order valence-electron chi connectivity index (χ2n) is 8.30. The zero-order chi connectivity index (χ0) is 24.1. The minimum absolute atomic E-state index is 0.190. The lowest BCUT2D eigenvalue weighted by atomic mass is 9.90. The number of aryl methyl sites for hydroxylation is 1. The van der Waals surface area contributed by atoms with E-state index in [2.05, 4.69) is 15.6 Å². The van der Waals surface area contributed by atoms with Crippen molar-refractivity contribution < 1.29 is 14.3 Å². The highest BCUT2D eigenvalue weighted by Gasteiger charge is 2.29. The first kappa shape index (κ1) is 24.5. The van der Waals surface area contributed by atoms with Crippen molar-refractivity contribution in [1.82, 2.24) is 15.6 Å². The van der Waals surface area contributed by atoms with Crippen LogP contribution in [0.3, 0.4) is 0 Å². The van der Waals surface area contributed by atoms with Gasteiger partial charge in [0.25, 0.3) is 11.8 Å². The van der Waals surface area contributed by atoms with Crippen molar-refractivity contribution in [1.29, 1.82) is 0 Å². The molecule has 34 heavy (non-hydrogen) atoms. The number of aromatic nitrogens is 1. The van der Waals surface area contributed by atoms with Gasteiger partial charge in [-0.05, 0) is 50.1 Å². The quantitative estimate of drug-likeness (QED) is 0.414. The fourth-order valence-corrected chi connectivity index (χ4v) is 5.08. The summed E-state index contributed by atoms with van der Waals surface area (Å²) in [6.07, 6.45) is 3.50. The van der Waals surface area contributed by atoms with Crippen LogP contribution in [0.4, 0.5) is 0 Å². The summed E-state index contributed by atoms with van der Waals surface area (Å²) in [5.41, 5.74) is 1.87. The predicted molar refractivity (Wildman–Crippen MR) is 135 cm³/mol. The Morgan fingerprint density at radius 3 is 2.38 bits per heavy atom. The number of nitrogens with zero attached hydrogens (tertiary/aromatic N) is 1. The zero-order valence-corrected chi connectivity index (χ0v) is 21.0. The van der Waals surface area contributed by atoms with Crippen molar-refractivity contribution in [2.45, 2.75) is 51.3 Å². The lowest BCUT2D eigenvalue weighted by molar-refractivity contribution is 0.0860. The molecule has 0 bridgehead atoms. The number of amides is 2. The molecular formula is C25H25Cl2N3O3S. The Kier molecular flexibility index (Phi) is 8.08. The van der Waals surface area contributed by atoms with Crippen molar-refractivity contribution in [3.8, 4) is 5.75 Å². The summed E-state index contributed by atoms with van der Waals surface area (Å²) >= 11 is 13.5. The van der Waals surface area contributed by atoms with Crippen molar-refractivity contribution in [3.63, 3.8) is 0 Å². The number of hydrogen-bond acceptors (Lipinski definition) is 5. The second-order valence-corrected chi connectivity index (χ2v) is 10.1. The predicted octanol–water partition coefficient (Wildman–Crippen LogP) is 5.81. The summed E-state index contributed by atoms with van der Waals surface area (Å²) in [6.45, 7) is 2.32. The van der Waals surface area contributed by atoms with E-state index in [1.54, 1.807) is 23.6 Å². The van der Waals surface area contributed by atoms with Gasteiger partial charge in [-0.1, -0.05) is 53.7 Å². The van der Waals surface area contributed by atoms with E-state index < -0.39 is 0 Å². The van der Waals surface area contributed by atoms with Crippen LogP contribution in [0.25, 0.3) is 0 Å². The monoisotopic (exact) mass is 517 g/mol. The molecule has 1 heterocycles. The fourth-order valence-electron chi connectivity index (χ4n) is 3.90. The number of carbonyl (C=O) groups is 2. The van der Waals surface area contributed by atoms with E-state index in [0.29, 0.717) is 27.9 Å². The molecule has 0 unspecified atom stereocenters. The Labute approximate surface area is 212 Å². The number of hydrogen-bond donors (Lipinski definition) is 2. The van der Waals surface area contributed by atoms with E-state index >= 15 is 0 Å². The van der Waals surface area contributed by atoms with Crippen LogP contribution in [0.2, 0.25) is 10.0 Å². The van der Waals surface area contributed by atoms with Gasteiger partial charge in [-0.3, -0.25) is 9.59 Å². The van der Waals surface area contributed by atoms with E-state index in [-0.39, 0.29) is 23.9 Å². The number of nitrogens with one attached hydrogen (secondary N) is 2. The molecule has 1 saturated carbocycles. The average molecular weight is 518 g/mol. The molecule has 0 radical (unpaired) electrons. The normalized spacial score (nSPS) is 17.7. The maximum Gasteiger partial charge on any atom is 0.271 e. The van der Waals surface area contributed by atoms with Crippen LogP contribution in [0.15, 0.2) is 47.8 Å². The molecule has 1 fully saturated rings. The van der Waals surface area contributed by atoms with Gasteiger partial charge in [0, 0.05) is 22.5 Å². The van der Waals surface area contributed by atoms with Gasteiger partial charge in [-0.15, -0.1) is 11.3 Å². The van der Waals surface area contributed by atoms with E-state index in [4.69, 9.17) is 27.9 Å². The van der Waals surface area contributed by atoms with Crippen molar-refractivity contribution >= 4 is 46.4 Å². The molecule has 1 aromatic heterocycles. The first-order chi connectivity index (χ1) is 16.4. The molecule has 9 heteroatoms.